The van der Waals surface area contributed by atoms with Gasteiger partial charge in [0.05, 0.1) is 11.3 Å². The maximum absolute atomic E-state index is 13.4. The van der Waals surface area contributed by atoms with Gasteiger partial charge in [0.2, 0.25) is 5.91 Å². The molecule has 0 spiro atoms. The number of rotatable bonds is 4. The Hall–Kier alpha value is -2.97. The van der Waals surface area contributed by atoms with Crippen LogP contribution in [0.4, 0.5) is 11.4 Å². The van der Waals surface area contributed by atoms with E-state index in [2.05, 4.69) is 17.3 Å². The maximum Gasteiger partial charge on any atom is 0.282 e. The topological polar surface area (TPSA) is 73.0 Å². The van der Waals surface area contributed by atoms with Crippen molar-refractivity contribution in [3.63, 3.8) is 0 Å². The number of nitrogens with one attached hydrogen (secondary N) is 1. The number of thiophene rings is 1. The molecular formula is C21H22N4O3S. The van der Waals surface area contributed by atoms with E-state index in [1.165, 1.54) is 23.2 Å². The molecule has 0 atom stereocenters. The molecule has 0 saturated carbocycles. The van der Waals surface area contributed by atoms with Crippen LogP contribution in [0, 0.1) is 0 Å². The highest BCUT2D eigenvalue weighted by Gasteiger charge is 2.43. The summed E-state index contributed by atoms with van der Waals surface area (Å²) < 4.78 is 0. The van der Waals surface area contributed by atoms with Crippen LogP contribution in [-0.2, 0) is 14.4 Å². The van der Waals surface area contributed by atoms with E-state index in [0.29, 0.717) is 35.7 Å². The molecule has 0 unspecified atom stereocenters. The lowest BCUT2D eigenvalue weighted by Crippen LogP contribution is -2.46. The molecular weight excluding hydrogens is 388 g/mol. The Bertz CT molecular complexity index is 974. The van der Waals surface area contributed by atoms with Gasteiger partial charge in [-0.15, -0.1) is 11.3 Å². The van der Waals surface area contributed by atoms with E-state index in [1.54, 1.807) is 24.3 Å². The van der Waals surface area contributed by atoms with Gasteiger partial charge in [-0.3, -0.25) is 14.4 Å². The fraction of sp³-hybridized carbons (Fsp3) is 0.286. The fourth-order valence-electron chi connectivity index (χ4n) is 3.62. The van der Waals surface area contributed by atoms with Crippen LogP contribution in [0.5, 0.6) is 0 Å². The molecule has 3 heterocycles. The smallest absolute Gasteiger partial charge is 0.282 e. The number of imide groups is 1. The van der Waals surface area contributed by atoms with Crippen LogP contribution < -0.4 is 10.2 Å². The molecule has 1 aromatic heterocycles. The van der Waals surface area contributed by atoms with Gasteiger partial charge in [0.1, 0.15) is 5.70 Å². The monoisotopic (exact) mass is 410 g/mol. The van der Waals surface area contributed by atoms with Gasteiger partial charge in [-0.1, -0.05) is 6.07 Å². The minimum atomic E-state index is -0.307. The van der Waals surface area contributed by atoms with E-state index in [1.807, 2.05) is 22.4 Å². The van der Waals surface area contributed by atoms with Crippen molar-refractivity contribution in [2.45, 2.75) is 6.92 Å². The van der Waals surface area contributed by atoms with Crippen molar-refractivity contribution in [1.82, 2.24) is 9.80 Å². The third kappa shape index (κ3) is 3.68. The molecule has 0 bridgehead atoms. The quantitative estimate of drug-likeness (QED) is 0.783. The summed E-state index contributed by atoms with van der Waals surface area (Å²) in [6.07, 6.45) is 0. The standard InChI is InChI=1S/C21H22N4O3S/c1-14(26)22-15-5-7-16(8-6-15)25-20(27)18(17-4-3-13-29-17)19(21(25)28)24-11-9-23(2)10-12-24/h3-8,13H,9-12H2,1-2H3,(H,22,26). The zero-order valence-corrected chi connectivity index (χ0v) is 17.2. The van der Waals surface area contributed by atoms with Crippen molar-refractivity contribution >= 4 is 46.0 Å². The van der Waals surface area contributed by atoms with Gasteiger partial charge in [0.25, 0.3) is 11.8 Å². The van der Waals surface area contributed by atoms with Crippen molar-refractivity contribution in [2.24, 2.45) is 0 Å². The van der Waals surface area contributed by atoms with Gasteiger partial charge in [-0.05, 0) is 42.8 Å². The summed E-state index contributed by atoms with van der Waals surface area (Å²) in [6.45, 7) is 4.52. The third-order valence-electron chi connectivity index (χ3n) is 5.09. The second-order valence-corrected chi connectivity index (χ2v) is 8.11. The summed E-state index contributed by atoms with van der Waals surface area (Å²) in [5.74, 6) is -0.779. The summed E-state index contributed by atoms with van der Waals surface area (Å²) >= 11 is 1.46. The lowest BCUT2D eigenvalue weighted by molar-refractivity contribution is -0.121. The summed E-state index contributed by atoms with van der Waals surface area (Å²) in [5, 5.41) is 4.60. The zero-order chi connectivity index (χ0) is 20.5. The van der Waals surface area contributed by atoms with Crippen molar-refractivity contribution < 1.29 is 14.4 Å². The van der Waals surface area contributed by atoms with Crippen molar-refractivity contribution in [2.75, 3.05) is 43.4 Å². The number of nitrogens with zero attached hydrogens (tertiary/aromatic N) is 3. The first-order valence-electron chi connectivity index (χ1n) is 9.44. The SMILES string of the molecule is CC(=O)Nc1ccc(N2C(=O)C(c3cccs3)=C(N3CCN(C)CC3)C2=O)cc1. The number of anilines is 2. The highest BCUT2D eigenvalue weighted by atomic mass is 32.1. The first-order valence-corrected chi connectivity index (χ1v) is 10.3. The highest BCUT2D eigenvalue weighted by molar-refractivity contribution is 7.11. The van der Waals surface area contributed by atoms with Crippen LogP contribution in [0.1, 0.15) is 11.8 Å². The van der Waals surface area contributed by atoms with E-state index >= 15 is 0 Å². The summed E-state index contributed by atoms with van der Waals surface area (Å²) in [5.41, 5.74) is 2.07. The second-order valence-electron chi connectivity index (χ2n) is 7.17. The highest BCUT2D eigenvalue weighted by Crippen LogP contribution is 2.37. The molecule has 4 rings (SSSR count). The molecule has 8 heteroatoms. The minimum Gasteiger partial charge on any atom is -0.364 e. The van der Waals surface area contributed by atoms with Crippen molar-refractivity contribution in [3.8, 4) is 0 Å². The van der Waals surface area contributed by atoms with Gasteiger partial charge < -0.3 is 15.1 Å². The molecule has 1 N–H and O–H groups in total. The average Bonchev–Trinajstić information content (AvgIpc) is 3.29. The average molecular weight is 410 g/mol. The van der Waals surface area contributed by atoms with E-state index < -0.39 is 0 Å². The Morgan fingerprint density at radius 3 is 2.28 bits per heavy atom. The van der Waals surface area contributed by atoms with Gasteiger partial charge in [0.15, 0.2) is 0 Å². The number of benzene rings is 1. The molecule has 2 aromatic rings. The van der Waals surface area contributed by atoms with Gasteiger partial charge in [0, 0.05) is 43.7 Å². The lowest BCUT2D eigenvalue weighted by Gasteiger charge is -2.34. The van der Waals surface area contributed by atoms with Crippen LogP contribution >= 0.6 is 11.3 Å². The minimum absolute atomic E-state index is 0.176. The first kappa shape index (κ1) is 19.4. The van der Waals surface area contributed by atoms with Gasteiger partial charge in [-0.25, -0.2) is 4.90 Å². The van der Waals surface area contributed by atoms with E-state index in [4.69, 9.17) is 0 Å². The summed E-state index contributed by atoms with van der Waals surface area (Å²) in [7, 11) is 2.05. The molecule has 0 radical (unpaired) electrons. The van der Waals surface area contributed by atoms with Crippen molar-refractivity contribution in [3.05, 3.63) is 52.4 Å². The predicted octanol–water partition coefficient (Wildman–Crippen LogP) is 2.24. The molecule has 150 valence electrons. The first-order chi connectivity index (χ1) is 14.0. The number of hydrogen-bond donors (Lipinski definition) is 1. The molecule has 1 fully saturated rings. The molecule has 7 nitrogen and oxygen atoms in total. The third-order valence-corrected chi connectivity index (χ3v) is 5.98. The molecule has 2 aliphatic rings. The van der Waals surface area contributed by atoms with Crippen LogP contribution in [0.15, 0.2) is 47.5 Å². The number of likely N-dealkylation sites (N-methyl/N-ethyl adjacent to an activating group) is 1. The maximum atomic E-state index is 13.4. The van der Waals surface area contributed by atoms with Crippen LogP contribution in [0.2, 0.25) is 0 Å². The Morgan fingerprint density at radius 1 is 1.00 bits per heavy atom. The summed E-state index contributed by atoms with van der Waals surface area (Å²) in [6, 6.07) is 10.5. The molecule has 29 heavy (non-hydrogen) atoms. The Labute approximate surface area is 173 Å². The Kier molecular flexibility index (Phi) is 5.21. The molecule has 2 aliphatic heterocycles. The van der Waals surface area contributed by atoms with Crippen molar-refractivity contribution in [1.29, 1.82) is 0 Å². The molecule has 0 aliphatic carbocycles. The number of piperazine rings is 1. The van der Waals surface area contributed by atoms with Gasteiger partial charge in [-0.2, -0.15) is 0 Å². The lowest BCUT2D eigenvalue weighted by atomic mass is 10.1. The van der Waals surface area contributed by atoms with E-state index in [-0.39, 0.29) is 17.7 Å². The Balaban J connectivity index is 1.70. The van der Waals surface area contributed by atoms with E-state index in [0.717, 1.165) is 18.0 Å². The van der Waals surface area contributed by atoms with Crippen LogP contribution in [-0.4, -0.2) is 60.7 Å². The van der Waals surface area contributed by atoms with Gasteiger partial charge >= 0.3 is 0 Å². The molecule has 1 saturated heterocycles. The largest absolute Gasteiger partial charge is 0.364 e. The number of hydrogen-bond acceptors (Lipinski definition) is 6. The van der Waals surface area contributed by atoms with Crippen LogP contribution in [0.25, 0.3) is 5.57 Å². The molecule has 3 amide bonds. The number of carbonyl (C=O) groups excluding carboxylic acids is 3. The van der Waals surface area contributed by atoms with Crippen LogP contribution in [0.3, 0.4) is 0 Å². The molecule has 1 aromatic carbocycles. The van der Waals surface area contributed by atoms with E-state index in [9.17, 15) is 14.4 Å². The second kappa shape index (κ2) is 7.81. The number of carbonyl (C=O) groups is 3. The number of amides is 3. The summed E-state index contributed by atoms with van der Waals surface area (Å²) in [4.78, 5) is 44.2. The Morgan fingerprint density at radius 2 is 1.69 bits per heavy atom. The predicted molar refractivity (Wildman–Crippen MR) is 114 cm³/mol. The zero-order valence-electron chi connectivity index (χ0n) is 16.3. The fourth-order valence-corrected chi connectivity index (χ4v) is 4.38. The normalized spacial score (nSPS) is 18.0.